The van der Waals surface area contributed by atoms with Gasteiger partial charge in [0, 0.05) is 17.7 Å². The molecule has 0 spiro atoms. The first-order chi connectivity index (χ1) is 16.2. The van der Waals surface area contributed by atoms with E-state index < -0.39 is 22.7 Å². The predicted molar refractivity (Wildman–Crippen MR) is 144 cm³/mol. The quantitative estimate of drug-likeness (QED) is 0.151. The maximum absolute atomic E-state index is 12.9. The molecule has 6 nitrogen and oxygen atoms in total. The lowest BCUT2D eigenvalue weighted by Crippen LogP contribution is -2.57. The smallest absolute Gasteiger partial charge is 0.304 e. The Morgan fingerprint density at radius 1 is 0.794 bits per heavy atom. The molecule has 0 aliphatic rings. The van der Waals surface area contributed by atoms with Crippen LogP contribution in [0, 0.1) is 5.92 Å². The van der Waals surface area contributed by atoms with Gasteiger partial charge in [-0.3, -0.25) is 14.4 Å². The number of likely N-dealkylation sites (N-methyl/N-ethyl adjacent to an activating group) is 1. The average molecular weight is 501 g/mol. The van der Waals surface area contributed by atoms with Gasteiger partial charge in [-0.1, -0.05) is 96.8 Å². The molecule has 0 aromatic heterocycles. The number of nitrogens with one attached hydrogen (secondary N) is 2. The van der Waals surface area contributed by atoms with Crippen molar-refractivity contribution in [2.75, 3.05) is 13.3 Å². The number of hydrogen-bond donors (Lipinski definition) is 3. The molecule has 7 heteroatoms. The van der Waals surface area contributed by atoms with E-state index in [2.05, 4.69) is 17.6 Å². The van der Waals surface area contributed by atoms with Gasteiger partial charge in [0.2, 0.25) is 11.8 Å². The highest BCUT2D eigenvalue weighted by Gasteiger charge is 2.37. The molecule has 34 heavy (non-hydrogen) atoms. The van der Waals surface area contributed by atoms with E-state index in [0.717, 1.165) is 19.3 Å². The number of hydrogen-bond acceptors (Lipinski definition) is 4. The molecule has 3 N–H and O–H groups in total. The molecule has 200 valence electrons. The number of rotatable bonds is 22. The summed E-state index contributed by atoms with van der Waals surface area (Å²) in [5.41, 5.74) is 0. The summed E-state index contributed by atoms with van der Waals surface area (Å²) < 4.78 is -0.501. The molecule has 0 saturated heterocycles. The number of carboxylic acid groups (broad SMARTS) is 1. The molecule has 0 aromatic rings. The number of thioether (sulfide) groups is 1. The number of carboxylic acids is 1. The minimum absolute atomic E-state index is 0.204. The molecule has 0 bridgehead atoms. The summed E-state index contributed by atoms with van der Waals surface area (Å²) in [5, 5.41) is 14.7. The molecule has 0 aliphatic carbocycles. The zero-order chi connectivity index (χ0) is 25.8. The van der Waals surface area contributed by atoms with Gasteiger partial charge in [0.25, 0.3) is 0 Å². The number of amides is 2. The number of aliphatic carboxylic acids is 1. The van der Waals surface area contributed by atoms with Gasteiger partial charge in [-0.25, -0.2) is 0 Å². The van der Waals surface area contributed by atoms with Crippen molar-refractivity contribution in [2.24, 2.45) is 5.92 Å². The fraction of sp³-hybridized carbons (Fsp3) is 0.889. The lowest BCUT2D eigenvalue weighted by atomic mass is 9.94. The third-order valence-corrected chi connectivity index (χ3v) is 8.00. The van der Waals surface area contributed by atoms with Crippen LogP contribution in [0.1, 0.15) is 124 Å². The van der Waals surface area contributed by atoms with Crippen molar-refractivity contribution in [2.45, 2.75) is 134 Å². The highest BCUT2D eigenvalue weighted by Crippen LogP contribution is 2.27. The predicted octanol–water partition coefficient (Wildman–Crippen LogP) is 6.32. The maximum atomic E-state index is 12.9. The van der Waals surface area contributed by atoms with E-state index in [9.17, 15) is 19.5 Å². The minimum Gasteiger partial charge on any atom is -0.481 e. The fourth-order valence-electron chi connectivity index (χ4n) is 4.20. The summed E-state index contributed by atoms with van der Waals surface area (Å²) in [6, 6.07) is -0.715. The molecule has 0 aromatic carbocycles. The molecule has 1 unspecified atom stereocenters. The third-order valence-electron chi connectivity index (χ3n) is 6.71. The second-order valence-electron chi connectivity index (χ2n) is 10.0. The van der Waals surface area contributed by atoms with Crippen molar-refractivity contribution in [1.82, 2.24) is 10.6 Å². The highest BCUT2D eigenvalue weighted by molar-refractivity contribution is 8.00. The lowest BCUT2D eigenvalue weighted by Gasteiger charge is -2.33. The van der Waals surface area contributed by atoms with Crippen LogP contribution in [0.25, 0.3) is 0 Å². The molecule has 0 fully saturated rings. The normalized spacial score (nSPS) is 13.3. The first-order valence-electron chi connectivity index (χ1n) is 13.5. The van der Waals surface area contributed by atoms with Crippen LogP contribution in [0.4, 0.5) is 0 Å². The topological polar surface area (TPSA) is 95.5 Å². The van der Waals surface area contributed by atoms with Crippen LogP contribution in [-0.2, 0) is 14.4 Å². The summed E-state index contributed by atoms with van der Waals surface area (Å²) >= 11 is 1.49. The molecule has 0 heterocycles. The average Bonchev–Trinajstić information content (AvgIpc) is 2.80. The minimum atomic E-state index is -0.980. The second-order valence-corrected chi connectivity index (χ2v) is 11.5. The zero-order valence-corrected chi connectivity index (χ0v) is 23.4. The number of carbonyl (C=O) groups excluding carboxylic acids is 2. The van der Waals surface area contributed by atoms with Gasteiger partial charge in [-0.2, -0.15) is 11.8 Å². The van der Waals surface area contributed by atoms with Crippen molar-refractivity contribution in [3.63, 3.8) is 0 Å². The number of unbranched alkanes of at least 4 members (excludes halogenated alkanes) is 13. The maximum Gasteiger partial charge on any atom is 0.304 e. The molecule has 0 aliphatic heterocycles. The van der Waals surface area contributed by atoms with Crippen LogP contribution in [0.15, 0.2) is 0 Å². The number of carbonyl (C=O) groups is 3. The SMILES string of the molecule is CCCCCCCCCCCCCCCCC(CC(=O)O)C(=O)N[C@@H](C(=O)NC)C(C)(C)SC. The monoisotopic (exact) mass is 500 g/mol. The largest absolute Gasteiger partial charge is 0.481 e. The summed E-state index contributed by atoms with van der Waals surface area (Å²) in [4.78, 5) is 36.5. The second kappa shape index (κ2) is 20.0. The van der Waals surface area contributed by atoms with E-state index in [1.54, 1.807) is 7.05 Å². The Labute approximate surface area is 213 Å². The van der Waals surface area contributed by atoms with E-state index in [1.165, 1.54) is 82.4 Å². The van der Waals surface area contributed by atoms with Crippen LogP contribution in [0.3, 0.4) is 0 Å². The van der Waals surface area contributed by atoms with Crippen LogP contribution in [0.2, 0.25) is 0 Å². The van der Waals surface area contributed by atoms with E-state index in [1.807, 2.05) is 20.1 Å². The van der Waals surface area contributed by atoms with E-state index in [0.29, 0.717) is 6.42 Å². The van der Waals surface area contributed by atoms with Crippen molar-refractivity contribution < 1.29 is 19.5 Å². The van der Waals surface area contributed by atoms with Crippen molar-refractivity contribution in [3.05, 3.63) is 0 Å². The first-order valence-corrected chi connectivity index (χ1v) is 14.7. The van der Waals surface area contributed by atoms with Gasteiger partial charge in [0.1, 0.15) is 6.04 Å². The van der Waals surface area contributed by atoms with Gasteiger partial charge in [0.05, 0.1) is 6.42 Å². The van der Waals surface area contributed by atoms with E-state index >= 15 is 0 Å². The summed E-state index contributed by atoms with van der Waals surface area (Å²) in [6.45, 7) is 6.05. The standard InChI is InChI=1S/C27H52N2O4S/c1-6-7-8-9-10-11-12-13-14-15-16-17-18-19-20-22(21-23(30)31)25(32)29-24(26(33)28-4)27(2,3)34-5/h22,24H,6-21H2,1-5H3,(H,28,33)(H,29,32)(H,30,31)/t22?,24-/m0/s1. The van der Waals surface area contributed by atoms with Crippen LogP contribution in [-0.4, -0.2) is 47.0 Å². The molecule has 2 amide bonds. The Hall–Kier alpha value is -1.24. The molecule has 0 radical (unpaired) electrons. The molecule has 0 saturated carbocycles. The van der Waals surface area contributed by atoms with Gasteiger partial charge < -0.3 is 15.7 Å². The summed E-state index contributed by atoms with van der Waals surface area (Å²) in [7, 11) is 1.54. The van der Waals surface area contributed by atoms with E-state index in [-0.39, 0.29) is 18.2 Å². The Bertz CT molecular complexity index is 569. The van der Waals surface area contributed by atoms with Crippen LogP contribution in [0.5, 0.6) is 0 Å². The Morgan fingerprint density at radius 3 is 1.62 bits per heavy atom. The summed E-state index contributed by atoms with van der Waals surface area (Å²) in [6.07, 6.45) is 19.8. The lowest BCUT2D eigenvalue weighted by molar-refractivity contribution is -0.141. The van der Waals surface area contributed by atoms with Gasteiger partial charge in [-0.05, 0) is 26.5 Å². The molecule has 2 atom stereocenters. The summed E-state index contributed by atoms with van der Waals surface area (Å²) in [5.74, 6) is -2.20. The molecular weight excluding hydrogens is 448 g/mol. The van der Waals surface area contributed by atoms with Crippen LogP contribution >= 0.6 is 11.8 Å². The van der Waals surface area contributed by atoms with Crippen molar-refractivity contribution >= 4 is 29.5 Å². The van der Waals surface area contributed by atoms with Gasteiger partial charge in [-0.15, -0.1) is 0 Å². The molecular formula is C27H52N2O4S. The highest BCUT2D eigenvalue weighted by atomic mass is 32.2. The van der Waals surface area contributed by atoms with Crippen molar-refractivity contribution in [3.8, 4) is 0 Å². The van der Waals surface area contributed by atoms with Crippen LogP contribution < -0.4 is 10.6 Å². The van der Waals surface area contributed by atoms with Crippen molar-refractivity contribution in [1.29, 1.82) is 0 Å². The van der Waals surface area contributed by atoms with Gasteiger partial charge >= 0.3 is 5.97 Å². The van der Waals surface area contributed by atoms with E-state index in [4.69, 9.17) is 0 Å². The Balaban J connectivity index is 4.24. The Kier molecular flexibility index (Phi) is 19.3. The first kappa shape index (κ1) is 32.8. The third kappa shape index (κ3) is 15.6. The van der Waals surface area contributed by atoms with Gasteiger partial charge in [0.15, 0.2) is 0 Å². The molecule has 0 rings (SSSR count). The zero-order valence-electron chi connectivity index (χ0n) is 22.5. The fourth-order valence-corrected chi connectivity index (χ4v) is 4.60. The Morgan fingerprint density at radius 2 is 1.24 bits per heavy atom.